The van der Waals surface area contributed by atoms with Gasteiger partial charge in [0.2, 0.25) is 0 Å². The van der Waals surface area contributed by atoms with Gasteiger partial charge in [0.05, 0.1) is 12.6 Å². The number of aromatic nitrogens is 1. The van der Waals surface area contributed by atoms with E-state index in [9.17, 15) is 0 Å². The molecule has 1 aromatic heterocycles. The first kappa shape index (κ1) is 12.4. The van der Waals surface area contributed by atoms with E-state index in [4.69, 9.17) is 10.5 Å². The number of methoxy groups -OCH3 is 1. The van der Waals surface area contributed by atoms with Crippen molar-refractivity contribution in [3.63, 3.8) is 0 Å². The molecule has 3 rings (SSSR count). The summed E-state index contributed by atoms with van der Waals surface area (Å²) < 4.78 is 5.29. The highest BCUT2D eigenvalue weighted by Crippen LogP contribution is 2.40. The zero-order valence-corrected chi connectivity index (χ0v) is 11.4. The van der Waals surface area contributed by atoms with Gasteiger partial charge in [0.25, 0.3) is 0 Å². The summed E-state index contributed by atoms with van der Waals surface area (Å²) in [4.78, 5) is 4.58. The number of fused-ring (bicyclic) bond motifs is 1. The van der Waals surface area contributed by atoms with E-state index in [0.29, 0.717) is 6.54 Å². The molecule has 1 aliphatic carbocycles. The van der Waals surface area contributed by atoms with Crippen molar-refractivity contribution >= 4 is 10.9 Å². The lowest BCUT2D eigenvalue weighted by Gasteiger charge is -2.27. The highest BCUT2D eigenvalue weighted by Gasteiger charge is 2.34. The van der Waals surface area contributed by atoms with Crippen molar-refractivity contribution in [3.05, 3.63) is 36.0 Å². The van der Waals surface area contributed by atoms with Crippen LogP contribution in [-0.4, -0.2) is 18.6 Å². The van der Waals surface area contributed by atoms with Crippen LogP contribution in [0.4, 0.5) is 0 Å². The summed E-state index contributed by atoms with van der Waals surface area (Å²) in [5, 5.41) is 1.14. The molecule has 1 saturated carbocycles. The molecule has 1 fully saturated rings. The second kappa shape index (κ2) is 4.82. The van der Waals surface area contributed by atoms with Crippen molar-refractivity contribution in [2.75, 3.05) is 13.7 Å². The summed E-state index contributed by atoms with van der Waals surface area (Å²) in [6, 6.07) is 8.24. The molecule has 0 amide bonds. The Morgan fingerprint density at radius 1 is 1.26 bits per heavy atom. The molecule has 19 heavy (non-hydrogen) atoms. The molecule has 0 radical (unpaired) electrons. The van der Waals surface area contributed by atoms with Gasteiger partial charge in [-0.3, -0.25) is 4.98 Å². The van der Waals surface area contributed by atoms with E-state index < -0.39 is 0 Å². The monoisotopic (exact) mass is 256 g/mol. The van der Waals surface area contributed by atoms with E-state index in [0.717, 1.165) is 16.7 Å². The minimum Gasteiger partial charge on any atom is -0.497 e. The Morgan fingerprint density at radius 3 is 2.74 bits per heavy atom. The minimum absolute atomic E-state index is 0.143. The van der Waals surface area contributed by atoms with E-state index in [1.807, 2.05) is 24.4 Å². The number of hydrogen-bond acceptors (Lipinski definition) is 3. The zero-order chi connectivity index (χ0) is 13.3. The SMILES string of the molecule is COc1ccc2ncc(C3(CN)CCCC3)cc2c1. The van der Waals surface area contributed by atoms with Gasteiger partial charge in [-0.25, -0.2) is 0 Å². The van der Waals surface area contributed by atoms with Crippen LogP contribution in [0.3, 0.4) is 0 Å². The maximum absolute atomic E-state index is 6.05. The Kier molecular flexibility index (Phi) is 3.15. The molecule has 1 aliphatic rings. The predicted molar refractivity (Wildman–Crippen MR) is 77.5 cm³/mol. The lowest BCUT2D eigenvalue weighted by Crippen LogP contribution is -2.32. The maximum atomic E-state index is 6.05. The van der Waals surface area contributed by atoms with E-state index in [2.05, 4.69) is 11.1 Å². The highest BCUT2D eigenvalue weighted by atomic mass is 16.5. The first-order chi connectivity index (χ1) is 9.27. The van der Waals surface area contributed by atoms with Crippen LogP contribution in [-0.2, 0) is 5.41 Å². The summed E-state index contributed by atoms with van der Waals surface area (Å²) in [7, 11) is 1.69. The van der Waals surface area contributed by atoms with Crippen molar-refractivity contribution < 1.29 is 4.74 Å². The molecule has 0 bridgehead atoms. The summed E-state index contributed by atoms with van der Waals surface area (Å²) in [6.07, 6.45) is 6.91. The van der Waals surface area contributed by atoms with Crippen LogP contribution in [0.25, 0.3) is 10.9 Å². The fourth-order valence-electron chi connectivity index (χ4n) is 3.19. The van der Waals surface area contributed by atoms with Gasteiger partial charge in [-0.15, -0.1) is 0 Å². The molecule has 3 nitrogen and oxygen atoms in total. The predicted octanol–water partition coefficient (Wildman–Crippen LogP) is 3.01. The second-order valence-corrected chi connectivity index (χ2v) is 5.47. The van der Waals surface area contributed by atoms with Crippen LogP contribution >= 0.6 is 0 Å². The lowest BCUT2D eigenvalue weighted by atomic mass is 9.79. The number of rotatable bonds is 3. The zero-order valence-electron chi connectivity index (χ0n) is 11.4. The number of pyridine rings is 1. The highest BCUT2D eigenvalue weighted by molar-refractivity contribution is 5.80. The molecule has 0 unspecified atom stereocenters. The Bertz CT molecular complexity index is 588. The van der Waals surface area contributed by atoms with Gasteiger partial charge in [-0.1, -0.05) is 12.8 Å². The van der Waals surface area contributed by atoms with Crippen molar-refractivity contribution in [2.24, 2.45) is 5.73 Å². The average Bonchev–Trinajstić information content (AvgIpc) is 2.96. The average molecular weight is 256 g/mol. The quantitative estimate of drug-likeness (QED) is 0.918. The fraction of sp³-hybridized carbons (Fsp3) is 0.438. The first-order valence-corrected chi connectivity index (χ1v) is 6.92. The standard InChI is InChI=1S/C16H20N2O/c1-19-14-4-5-15-12(9-14)8-13(10-18-15)16(11-17)6-2-3-7-16/h4-5,8-10H,2-3,6-7,11,17H2,1H3. The third-order valence-electron chi connectivity index (χ3n) is 4.45. The number of hydrogen-bond donors (Lipinski definition) is 1. The normalized spacial score (nSPS) is 17.8. The van der Waals surface area contributed by atoms with Crippen LogP contribution in [0.2, 0.25) is 0 Å². The molecule has 0 spiro atoms. The van der Waals surface area contributed by atoms with Gasteiger partial charge in [-0.2, -0.15) is 0 Å². The molecular weight excluding hydrogens is 236 g/mol. The molecular formula is C16H20N2O. The van der Waals surface area contributed by atoms with Crippen LogP contribution in [0.5, 0.6) is 5.75 Å². The molecule has 2 N–H and O–H groups in total. The van der Waals surface area contributed by atoms with E-state index in [1.165, 1.54) is 31.2 Å². The van der Waals surface area contributed by atoms with Crippen LogP contribution in [0, 0.1) is 0 Å². The van der Waals surface area contributed by atoms with Crippen molar-refractivity contribution in [3.8, 4) is 5.75 Å². The molecule has 2 aromatic rings. The Hall–Kier alpha value is -1.61. The van der Waals surface area contributed by atoms with Crippen molar-refractivity contribution in [1.29, 1.82) is 0 Å². The Morgan fingerprint density at radius 2 is 2.05 bits per heavy atom. The number of ether oxygens (including phenoxy) is 1. The lowest BCUT2D eigenvalue weighted by molar-refractivity contribution is 0.415. The number of nitrogens with zero attached hydrogens (tertiary/aromatic N) is 1. The number of benzene rings is 1. The largest absolute Gasteiger partial charge is 0.497 e. The molecule has 1 heterocycles. The van der Waals surface area contributed by atoms with Gasteiger partial charge in [-0.05, 0) is 42.7 Å². The van der Waals surface area contributed by atoms with E-state index >= 15 is 0 Å². The third kappa shape index (κ3) is 2.08. The third-order valence-corrected chi connectivity index (χ3v) is 4.45. The molecule has 1 aromatic carbocycles. The summed E-state index contributed by atoms with van der Waals surface area (Å²) in [6.45, 7) is 0.712. The fourth-order valence-corrected chi connectivity index (χ4v) is 3.19. The van der Waals surface area contributed by atoms with Crippen LogP contribution < -0.4 is 10.5 Å². The summed E-state index contributed by atoms with van der Waals surface area (Å²) in [5.41, 5.74) is 8.49. The maximum Gasteiger partial charge on any atom is 0.119 e. The smallest absolute Gasteiger partial charge is 0.119 e. The Labute approximate surface area is 113 Å². The summed E-state index contributed by atoms with van der Waals surface area (Å²) in [5.74, 6) is 0.875. The van der Waals surface area contributed by atoms with Crippen LogP contribution in [0.15, 0.2) is 30.5 Å². The van der Waals surface area contributed by atoms with E-state index in [1.54, 1.807) is 7.11 Å². The Balaban J connectivity index is 2.09. The van der Waals surface area contributed by atoms with Crippen molar-refractivity contribution in [1.82, 2.24) is 4.98 Å². The van der Waals surface area contributed by atoms with Gasteiger partial charge in [0.1, 0.15) is 5.75 Å². The topological polar surface area (TPSA) is 48.1 Å². The molecule has 100 valence electrons. The molecule has 0 atom stereocenters. The van der Waals surface area contributed by atoms with Crippen molar-refractivity contribution in [2.45, 2.75) is 31.1 Å². The molecule has 0 aliphatic heterocycles. The summed E-state index contributed by atoms with van der Waals surface area (Å²) >= 11 is 0. The van der Waals surface area contributed by atoms with Gasteiger partial charge >= 0.3 is 0 Å². The second-order valence-electron chi connectivity index (χ2n) is 5.47. The molecule has 3 heteroatoms. The van der Waals surface area contributed by atoms with Gasteiger partial charge < -0.3 is 10.5 Å². The minimum atomic E-state index is 0.143. The number of nitrogens with two attached hydrogens (primary N) is 1. The van der Waals surface area contributed by atoms with Gasteiger partial charge in [0.15, 0.2) is 0 Å². The van der Waals surface area contributed by atoms with E-state index in [-0.39, 0.29) is 5.41 Å². The van der Waals surface area contributed by atoms with Crippen LogP contribution in [0.1, 0.15) is 31.2 Å². The molecule has 0 saturated heterocycles. The first-order valence-electron chi connectivity index (χ1n) is 6.92. The van der Waals surface area contributed by atoms with Gasteiger partial charge in [0, 0.05) is 23.5 Å².